The smallest absolute Gasteiger partial charge is 0.261 e. The Morgan fingerprint density at radius 1 is 1.42 bits per heavy atom. The van der Waals surface area contributed by atoms with Crippen molar-refractivity contribution in [2.45, 2.75) is 6.92 Å². The Labute approximate surface area is 116 Å². The van der Waals surface area contributed by atoms with Gasteiger partial charge in [-0.2, -0.15) is 0 Å². The minimum Gasteiger partial charge on any atom is -0.375 e. The maximum absolute atomic E-state index is 11.9. The van der Waals surface area contributed by atoms with Gasteiger partial charge in [0.15, 0.2) is 0 Å². The molecule has 0 atom stereocenters. The lowest BCUT2D eigenvalue weighted by Crippen LogP contribution is -2.26. The molecule has 100 valence electrons. The van der Waals surface area contributed by atoms with Gasteiger partial charge in [-0.15, -0.1) is 11.3 Å². The van der Waals surface area contributed by atoms with Gasteiger partial charge in [-0.05, 0) is 24.4 Å². The van der Waals surface area contributed by atoms with E-state index in [0.29, 0.717) is 19.8 Å². The molecule has 0 saturated heterocycles. The average molecular weight is 275 g/mol. The first kappa shape index (κ1) is 13.8. The highest BCUT2D eigenvalue weighted by molar-refractivity contribution is 7.20. The van der Waals surface area contributed by atoms with Crippen molar-refractivity contribution in [3.8, 4) is 0 Å². The van der Waals surface area contributed by atoms with E-state index < -0.39 is 0 Å². The molecule has 0 aliphatic carbocycles. The van der Waals surface area contributed by atoms with Gasteiger partial charge in [0, 0.05) is 11.2 Å². The van der Waals surface area contributed by atoms with Crippen LogP contribution >= 0.6 is 11.3 Å². The molecule has 0 spiro atoms. The number of hydrogen-bond acceptors (Lipinski definition) is 3. The summed E-state index contributed by atoms with van der Waals surface area (Å²) in [5.41, 5.74) is 0.982. The summed E-state index contributed by atoms with van der Waals surface area (Å²) in [6.07, 6.45) is 0. The predicted molar refractivity (Wildman–Crippen MR) is 79.8 cm³/mol. The van der Waals surface area contributed by atoms with E-state index in [1.54, 1.807) is 0 Å². The number of amides is 1. The zero-order valence-corrected chi connectivity index (χ0v) is 11.8. The maximum Gasteiger partial charge on any atom is 0.261 e. The molecule has 0 unspecified atom stereocenters. The van der Waals surface area contributed by atoms with Crippen LogP contribution in [0.3, 0.4) is 0 Å². The molecule has 0 aliphatic rings. The average Bonchev–Trinajstić information content (AvgIpc) is 2.81. The molecular weight excluding hydrogens is 258 g/mol. The van der Waals surface area contributed by atoms with Crippen molar-refractivity contribution in [2.75, 3.05) is 19.8 Å². The zero-order chi connectivity index (χ0) is 13.7. The number of hydrogen-bond donors (Lipinski definition) is 1. The number of benzene rings is 1. The summed E-state index contributed by atoms with van der Waals surface area (Å²) < 4.78 is 6.46. The Balaban J connectivity index is 1.84. The molecule has 2 aromatic rings. The van der Waals surface area contributed by atoms with E-state index in [9.17, 15) is 4.79 Å². The van der Waals surface area contributed by atoms with Crippen LogP contribution in [0, 0.1) is 0 Å². The van der Waals surface area contributed by atoms with Crippen LogP contribution in [0.1, 0.15) is 16.6 Å². The van der Waals surface area contributed by atoms with Crippen LogP contribution in [-0.2, 0) is 4.74 Å². The SMILES string of the molecule is C=C(C)COCCNC(=O)c1cc2ccccc2s1. The van der Waals surface area contributed by atoms with Gasteiger partial charge in [-0.3, -0.25) is 4.79 Å². The summed E-state index contributed by atoms with van der Waals surface area (Å²) in [6.45, 7) is 7.22. The molecule has 1 aromatic heterocycles. The molecule has 1 N–H and O–H groups in total. The summed E-state index contributed by atoms with van der Waals surface area (Å²) in [5, 5.41) is 3.96. The first-order valence-corrected chi connectivity index (χ1v) is 6.97. The summed E-state index contributed by atoms with van der Waals surface area (Å²) in [4.78, 5) is 12.7. The van der Waals surface area contributed by atoms with Crippen LogP contribution in [0.25, 0.3) is 10.1 Å². The van der Waals surface area contributed by atoms with Gasteiger partial charge in [-0.25, -0.2) is 0 Å². The third-order valence-corrected chi connectivity index (χ3v) is 3.64. The van der Waals surface area contributed by atoms with Gasteiger partial charge in [0.25, 0.3) is 5.91 Å². The van der Waals surface area contributed by atoms with Crippen LogP contribution in [0.5, 0.6) is 0 Å². The molecule has 1 heterocycles. The highest BCUT2D eigenvalue weighted by Gasteiger charge is 2.08. The number of thiophene rings is 1. The Morgan fingerprint density at radius 2 is 2.21 bits per heavy atom. The van der Waals surface area contributed by atoms with E-state index in [2.05, 4.69) is 11.9 Å². The van der Waals surface area contributed by atoms with Crippen LogP contribution in [0.4, 0.5) is 0 Å². The third-order valence-electron chi connectivity index (χ3n) is 2.53. The summed E-state index contributed by atoms with van der Waals surface area (Å²) in [7, 11) is 0. The number of carbonyl (C=O) groups is 1. The summed E-state index contributed by atoms with van der Waals surface area (Å²) in [5.74, 6) is -0.0416. The molecule has 0 bridgehead atoms. The third kappa shape index (κ3) is 3.91. The van der Waals surface area contributed by atoms with E-state index in [1.165, 1.54) is 11.3 Å². The highest BCUT2D eigenvalue weighted by atomic mass is 32.1. The molecule has 1 aromatic carbocycles. The normalized spacial score (nSPS) is 10.6. The monoisotopic (exact) mass is 275 g/mol. The first-order chi connectivity index (χ1) is 9.16. The molecular formula is C15H17NO2S. The fraction of sp³-hybridized carbons (Fsp3) is 0.267. The van der Waals surface area contributed by atoms with E-state index >= 15 is 0 Å². The Morgan fingerprint density at radius 3 is 2.95 bits per heavy atom. The lowest BCUT2D eigenvalue weighted by atomic mass is 10.2. The van der Waals surface area contributed by atoms with Crippen molar-refractivity contribution in [2.24, 2.45) is 0 Å². The lowest BCUT2D eigenvalue weighted by Gasteiger charge is -2.04. The Bertz CT molecular complexity index is 556. The Kier molecular flexibility index (Phi) is 4.71. The fourth-order valence-electron chi connectivity index (χ4n) is 1.66. The van der Waals surface area contributed by atoms with Crippen molar-refractivity contribution < 1.29 is 9.53 Å². The van der Waals surface area contributed by atoms with E-state index in [0.717, 1.165) is 20.5 Å². The summed E-state index contributed by atoms with van der Waals surface area (Å²) >= 11 is 1.51. The maximum atomic E-state index is 11.9. The Hall–Kier alpha value is -1.65. The number of rotatable bonds is 6. The standard InChI is InChI=1S/C15H17NO2S/c1-11(2)10-18-8-7-16-15(17)14-9-12-5-3-4-6-13(12)19-14/h3-6,9H,1,7-8,10H2,2H3,(H,16,17). The van der Waals surface area contributed by atoms with Crippen LogP contribution < -0.4 is 5.32 Å². The molecule has 0 fully saturated rings. The van der Waals surface area contributed by atoms with Gasteiger partial charge in [0.2, 0.25) is 0 Å². The molecule has 19 heavy (non-hydrogen) atoms. The molecule has 0 radical (unpaired) electrons. The predicted octanol–water partition coefficient (Wildman–Crippen LogP) is 3.22. The molecule has 2 rings (SSSR count). The minimum atomic E-state index is -0.0416. The summed E-state index contributed by atoms with van der Waals surface area (Å²) in [6, 6.07) is 9.91. The van der Waals surface area contributed by atoms with Crippen molar-refractivity contribution in [3.05, 3.63) is 47.4 Å². The largest absolute Gasteiger partial charge is 0.375 e. The van der Waals surface area contributed by atoms with Crippen LogP contribution in [0.15, 0.2) is 42.5 Å². The van der Waals surface area contributed by atoms with Crippen molar-refractivity contribution >= 4 is 27.3 Å². The van der Waals surface area contributed by atoms with Gasteiger partial charge < -0.3 is 10.1 Å². The van der Waals surface area contributed by atoms with E-state index in [1.807, 2.05) is 37.3 Å². The number of carbonyl (C=O) groups excluding carboxylic acids is 1. The highest BCUT2D eigenvalue weighted by Crippen LogP contribution is 2.24. The zero-order valence-electron chi connectivity index (χ0n) is 10.9. The number of nitrogens with one attached hydrogen (secondary N) is 1. The molecule has 0 aliphatic heterocycles. The first-order valence-electron chi connectivity index (χ1n) is 6.16. The van der Waals surface area contributed by atoms with E-state index in [4.69, 9.17) is 4.74 Å². The second kappa shape index (κ2) is 6.50. The van der Waals surface area contributed by atoms with Gasteiger partial charge in [-0.1, -0.05) is 30.4 Å². The van der Waals surface area contributed by atoms with Crippen molar-refractivity contribution in [1.82, 2.24) is 5.32 Å². The van der Waals surface area contributed by atoms with Crippen molar-refractivity contribution in [1.29, 1.82) is 0 Å². The molecule has 1 amide bonds. The molecule has 3 nitrogen and oxygen atoms in total. The number of ether oxygens (including phenoxy) is 1. The van der Waals surface area contributed by atoms with Crippen molar-refractivity contribution in [3.63, 3.8) is 0 Å². The van der Waals surface area contributed by atoms with Gasteiger partial charge >= 0.3 is 0 Å². The van der Waals surface area contributed by atoms with Crippen LogP contribution in [0.2, 0.25) is 0 Å². The number of fused-ring (bicyclic) bond motifs is 1. The molecule has 4 heteroatoms. The second-order valence-electron chi connectivity index (χ2n) is 4.41. The topological polar surface area (TPSA) is 38.3 Å². The fourth-order valence-corrected chi connectivity index (χ4v) is 2.64. The minimum absolute atomic E-state index is 0.0416. The quantitative estimate of drug-likeness (QED) is 0.649. The molecule has 0 saturated carbocycles. The van der Waals surface area contributed by atoms with Gasteiger partial charge in [0.05, 0.1) is 18.1 Å². The van der Waals surface area contributed by atoms with Crippen LogP contribution in [-0.4, -0.2) is 25.7 Å². The van der Waals surface area contributed by atoms with Gasteiger partial charge in [0.1, 0.15) is 0 Å². The second-order valence-corrected chi connectivity index (χ2v) is 5.50. The lowest BCUT2D eigenvalue weighted by molar-refractivity contribution is 0.0931. The van der Waals surface area contributed by atoms with E-state index in [-0.39, 0.29) is 5.91 Å².